The van der Waals surface area contributed by atoms with Crippen LogP contribution in [0.25, 0.3) is 0 Å². The summed E-state index contributed by atoms with van der Waals surface area (Å²) in [5.41, 5.74) is 0. The Balaban J connectivity index is 3.03. The summed E-state index contributed by atoms with van der Waals surface area (Å²) in [4.78, 5) is 1.28. The second-order valence-corrected chi connectivity index (χ2v) is 9.38. The van der Waals surface area contributed by atoms with Gasteiger partial charge >= 0.3 is 0 Å². The molecular formula is C13H22BrNO2S2. The molecule has 0 saturated carbocycles. The van der Waals surface area contributed by atoms with E-state index in [1.54, 1.807) is 10.4 Å². The Kier molecular flexibility index (Phi) is 6.50. The zero-order chi connectivity index (χ0) is 14.6. The quantitative estimate of drug-likeness (QED) is 0.669. The maximum Gasteiger partial charge on any atom is 0.244 e. The third-order valence-electron chi connectivity index (χ3n) is 2.99. The standard InChI is InChI=1S/C13H22BrNO2S2/c1-5-6-7-8-15(10(2)3)19(16,17)12-9-13(14)18-11(12)4/h9-10H,5-8H2,1-4H3. The lowest BCUT2D eigenvalue weighted by molar-refractivity contribution is 0.345. The molecule has 0 unspecified atom stereocenters. The molecule has 6 heteroatoms. The minimum absolute atomic E-state index is 0.0140. The lowest BCUT2D eigenvalue weighted by Crippen LogP contribution is -2.37. The largest absolute Gasteiger partial charge is 0.244 e. The molecule has 1 aromatic rings. The molecule has 0 N–H and O–H groups in total. The molecular weight excluding hydrogens is 346 g/mol. The maximum absolute atomic E-state index is 12.7. The lowest BCUT2D eigenvalue weighted by Gasteiger charge is -2.25. The van der Waals surface area contributed by atoms with Crippen molar-refractivity contribution in [2.75, 3.05) is 6.54 Å². The van der Waals surface area contributed by atoms with E-state index >= 15 is 0 Å². The normalized spacial score (nSPS) is 12.6. The Morgan fingerprint density at radius 3 is 2.42 bits per heavy atom. The molecule has 0 fully saturated rings. The molecule has 110 valence electrons. The zero-order valence-electron chi connectivity index (χ0n) is 11.9. The van der Waals surface area contributed by atoms with Crippen LogP contribution in [0.5, 0.6) is 0 Å². The van der Waals surface area contributed by atoms with Crippen LogP contribution in [0.1, 0.15) is 44.9 Å². The van der Waals surface area contributed by atoms with E-state index < -0.39 is 10.0 Å². The summed E-state index contributed by atoms with van der Waals surface area (Å²) in [5.74, 6) is 0. The molecule has 3 nitrogen and oxygen atoms in total. The first-order valence-electron chi connectivity index (χ1n) is 6.58. The van der Waals surface area contributed by atoms with Crippen molar-refractivity contribution in [2.45, 2.75) is 57.9 Å². The topological polar surface area (TPSA) is 37.4 Å². The number of hydrogen-bond acceptors (Lipinski definition) is 3. The highest BCUT2D eigenvalue weighted by Crippen LogP contribution is 2.32. The van der Waals surface area contributed by atoms with Crippen molar-refractivity contribution in [1.29, 1.82) is 0 Å². The van der Waals surface area contributed by atoms with Crippen LogP contribution in [-0.4, -0.2) is 25.3 Å². The number of thiophene rings is 1. The van der Waals surface area contributed by atoms with Crippen LogP contribution < -0.4 is 0 Å². The predicted octanol–water partition coefficient (Wildman–Crippen LogP) is 4.41. The number of rotatable bonds is 7. The monoisotopic (exact) mass is 367 g/mol. The Labute approximate surface area is 129 Å². The fraction of sp³-hybridized carbons (Fsp3) is 0.692. The van der Waals surface area contributed by atoms with Gasteiger partial charge in [0.1, 0.15) is 0 Å². The Bertz CT molecular complexity index is 509. The summed E-state index contributed by atoms with van der Waals surface area (Å²) in [6.07, 6.45) is 3.07. The summed E-state index contributed by atoms with van der Waals surface area (Å²) in [7, 11) is -3.38. The highest BCUT2D eigenvalue weighted by atomic mass is 79.9. The van der Waals surface area contributed by atoms with Crippen molar-refractivity contribution in [3.63, 3.8) is 0 Å². The van der Waals surface area contributed by atoms with E-state index in [1.807, 2.05) is 20.8 Å². The van der Waals surface area contributed by atoms with E-state index in [1.165, 1.54) is 11.3 Å². The van der Waals surface area contributed by atoms with Crippen LogP contribution in [0, 0.1) is 6.92 Å². The average molecular weight is 368 g/mol. The van der Waals surface area contributed by atoms with Crippen LogP contribution in [0.15, 0.2) is 14.7 Å². The van der Waals surface area contributed by atoms with Gasteiger partial charge in [0.2, 0.25) is 10.0 Å². The van der Waals surface area contributed by atoms with Gasteiger partial charge in [-0.15, -0.1) is 11.3 Å². The van der Waals surface area contributed by atoms with Crippen LogP contribution in [0.3, 0.4) is 0 Å². The minimum Gasteiger partial charge on any atom is -0.207 e. The molecule has 0 aliphatic carbocycles. The highest BCUT2D eigenvalue weighted by molar-refractivity contribution is 9.11. The van der Waals surface area contributed by atoms with Crippen LogP contribution in [0.4, 0.5) is 0 Å². The molecule has 1 heterocycles. The summed E-state index contributed by atoms with van der Waals surface area (Å²) in [6, 6.07) is 1.70. The smallest absolute Gasteiger partial charge is 0.207 e. The number of aryl methyl sites for hydroxylation is 1. The molecule has 0 aliphatic rings. The number of halogens is 1. The molecule has 0 radical (unpaired) electrons. The molecule has 0 amide bonds. The second-order valence-electron chi connectivity index (χ2n) is 4.89. The molecule has 0 bridgehead atoms. The Morgan fingerprint density at radius 2 is 2.00 bits per heavy atom. The average Bonchev–Trinajstić information content (AvgIpc) is 2.64. The SMILES string of the molecule is CCCCCN(C(C)C)S(=O)(=O)c1cc(Br)sc1C. The third-order valence-corrected chi connectivity index (χ3v) is 6.87. The van der Waals surface area contributed by atoms with Crippen LogP contribution in [0.2, 0.25) is 0 Å². The van der Waals surface area contributed by atoms with Crippen molar-refractivity contribution in [2.24, 2.45) is 0 Å². The maximum atomic E-state index is 12.7. The summed E-state index contributed by atoms with van der Waals surface area (Å²) >= 11 is 4.83. The Morgan fingerprint density at radius 1 is 1.37 bits per heavy atom. The van der Waals surface area contributed by atoms with Crippen LogP contribution >= 0.6 is 27.3 Å². The fourth-order valence-electron chi connectivity index (χ4n) is 1.99. The molecule has 0 spiro atoms. The van der Waals surface area contributed by atoms with Gasteiger partial charge in [0.05, 0.1) is 8.68 Å². The van der Waals surface area contributed by atoms with Gasteiger partial charge < -0.3 is 0 Å². The number of nitrogens with zero attached hydrogens (tertiary/aromatic N) is 1. The summed E-state index contributed by atoms with van der Waals surface area (Å²) in [6.45, 7) is 8.43. The molecule has 1 aromatic heterocycles. The molecule has 19 heavy (non-hydrogen) atoms. The van der Waals surface area contributed by atoms with E-state index in [4.69, 9.17) is 0 Å². The van der Waals surface area contributed by atoms with Crippen molar-refractivity contribution >= 4 is 37.3 Å². The molecule has 0 aromatic carbocycles. The molecule has 1 rings (SSSR count). The predicted molar refractivity (Wildman–Crippen MR) is 85.3 cm³/mol. The first-order chi connectivity index (χ1) is 8.80. The fourth-order valence-corrected chi connectivity index (χ4v) is 6.05. The summed E-state index contributed by atoms with van der Waals surface area (Å²) in [5, 5.41) is 0. The Hall–Kier alpha value is 0.0900. The van der Waals surface area contributed by atoms with Crippen molar-refractivity contribution < 1.29 is 8.42 Å². The van der Waals surface area contributed by atoms with Crippen LogP contribution in [-0.2, 0) is 10.0 Å². The highest BCUT2D eigenvalue weighted by Gasteiger charge is 2.29. The van der Waals surface area contributed by atoms with Gasteiger partial charge in [0, 0.05) is 17.5 Å². The van der Waals surface area contributed by atoms with E-state index in [-0.39, 0.29) is 6.04 Å². The molecule has 0 atom stereocenters. The van der Waals surface area contributed by atoms with Gasteiger partial charge in [-0.3, -0.25) is 0 Å². The van der Waals surface area contributed by atoms with Gasteiger partial charge in [0.25, 0.3) is 0 Å². The number of hydrogen-bond donors (Lipinski definition) is 0. The third kappa shape index (κ3) is 4.28. The van der Waals surface area contributed by atoms with Gasteiger partial charge in [-0.05, 0) is 49.2 Å². The first kappa shape index (κ1) is 17.1. The van der Waals surface area contributed by atoms with E-state index in [0.29, 0.717) is 11.4 Å². The van der Waals surface area contributed by atoms with Crippen molar-refractivity contribution in [1.82, 2.24) is 4.31 Å². The minimum atomic E-state index is -3.38. The van der Waals surface area contributed by atoms with Crippen molar-refractivity contribution in [3.05, 3.63) is 14.7 Å². The number of sulfonamides is 1. The second kappa shape index (κ2) is 7.20. The molecule has 0 aliphatic heterocycles. The van der Waals surface area contributed by atoms with Gasteiger partial charge in [-0.25, -0.2) is 8.42 Å². The van der Waals surface area contributed by atoms with E-state index in [2.05, 4.69) is 22.9 Å². The zero-order valence-corrected chi connectivity index (χ0v) is 15.2. The van der Waals surface area contributed by atoms with E-state index in [9.17, 15) is 8.42 Å². The van der Waals surface area contributed by atoms with Gasteiger partial charge in [0.15, 0.2) is 0 Å². The van der Waals surface area contributed by atoms with E-state index in [0.717, 1.165) is 27.9 Å². The first-order valence-corrected chi connectivity index (χ1v) is 9.63. The number of unbranched alkanes of at least 4 members (excludes halogenated alkanes) is 2. The van der Waals surface area contributed by atoms with Crippen molar-refractivity contribution in [3.8, 4) is 0 Å². The summed E-state index contributed by atoms with van der Waals surface area (Å²) < 4.78 is 27.9. The lowest BCUT2D eigenvalue weighted by atomic mass is 10.2. The van der Waals surface area contributed by atoms with Gasteiger partial charge in [-0.1, -0.05) is 19.8 Å². The van der Waals surface area contributed by atoms with Gasteiger partial charge in [-0.2, -0.15) is 4.31 Å². The molecule has 0 saturated heterocycles.